The summed E-state index contributed by atoms with van der Waals surface area (Å²) in [4.78, 5) is 13.1. The molecule has 0 saturated heterocycles. The molecule has 0 aliphatic heterocycles. The molecule has 2 aromatic rings. The lowest BCUT2D eigenvalue weighted by molar-refractivity contribution is -0.117. The van der Waals surface area contributed by atoms with Crippen molar-refractivity contribution in [3.63, 3.8) is 0 Å². The monoisotopic (exact) mass is 272 g/mol. The van der Waals surface area contributed by atoms with E-state index in [1.165, 1.54) is 5.56 Å². The lowest BCUT2D eigenvalue weighted by atomic mass is 9.86. The van der Waals surface area contributed by atoms with Crippen molar-refractivity contribution in [1.82, 2.24) is 0 Å². The number of rotatable bonds is 4. The first-order valence-electron chi connectivity index (χ1n) is 6.58. The van der Waals surface area contributed by atoms with E-state index in [4.69, 9.17) is 0 Å². The van der Waals surface area contributed by atoms with E-state index in [9.17, 15) is 4.79 Å². The van der Waals surface area contributed by atoms with Crippen LogP contribution in [0.25, 0.3) is 0 Å². The first-order chi connectivity index (χ1) is 8.95. The highest BCUT2D eigenvalue weighted by Crippen LogP contribution is 2.22. The van der Waals surface area contributed by atoms with Crippen molar-refractivity contribution in [2.75, 3.05) is 0 Å². The molecule has 1 nitrogen and oxygen atoms in total. The van der Waals surface area contributed by atoms with E-state index in [0.29, 0.717) is 12.8 Å². The summed E-state index contributed by atoms with van der Waals surface area (Å²) in [5.74, 6) is 0.283. The highest BCUT2D eigenvalue weighted by Gasteiger charge is 2.13. The number of hydrogen-bond acceptors (Lipinski definition) is 2. The third kappa shape index (κ3) is 4.03. The van der Waals surface area contributed by atoms with Crippen LogP contribution < -0.4 is 0 Å². The van der Waals surface area contributed by atoms with Gasteiger partial charge in [0.2, 0.25) is 0 Å². The average Bonchev–Trinajstić information content (AvgIpc) is 2.81. The molecular weight excluding hydrogens is 252 g/mol. The maximum absolute atomic E-state index is 12.0. The molecule has 0 unspecified atom stereocenters. The fraction of sp³-hybridized carbons (Fsp3) is 0.353. The molecule has 0 spiro atoms. The van der Waals surface area contributed by atoms with Crippen LogP contribution in [0.5, 0.6) is 0 Å². The van der Waals surface area contributed by atoms with Gasteiger partial charge in [-0.05, 0) is 28.0 Å². The second kappa shape index (κ2) is 5.70. The van der Waals surface area contributed by atoms with E-state index in [1.807, 2.05) is 17.5 Å². The number of thiophene rings is 1. The number of carbonyl (C=O) groups is 1. The molecule has 0 bridgehead atoms. The third-order valence-electron chi connectivity index (χ3n) is 3.17. The van der Waals surface area contributed by atoms with Crippen molar-refractivity contribution >= 4 is 17.1 Å². The molecule has 0 radical (unpaired) electrons. The van der Waals surface area contributed by atoms with Gasteiger partial charge in [0.15, 0.2) is 0 Å². The van der Waals surface area contributed by atoms with Crippen molar-refractivity contribution in [3.8, 4) is 0 Å². The smallest absolute Gasteiger partial charge is 0.142 e. The van der Waals surface area contributed by atoms with E-state index in [2.05, 4.69) is 45.0 Å². The Balaban J connectivity index is 1.98. The lowest BCUT2D eigenvalue weighted by Crippen LogP contribution is -2.11. The molecule has 2 rings (SSSR count). The zero-order chi connectivity index (χ0) is 13.9. The van der Waals surface area contributed by atoms with Gasteiger partial charge in [0.25, 0.3) is 0 Å². The molecule has 0 N–H and O–H groups in total. The fourth-order valence-electron chi connectivity index (χ4n) is 2.02. The molecule has 1 heterocycles. The number of hydrogen-bond donors (Lipinski definition) is 0. The summed E-state index contributed by atoms with van der Waals surface area (Å²) < 4.78 is 0. The summed E-state index contributed by atoms with van der Waals surface area (Å²) in [5.41, 5.74) is 2.58. The second-order valence-corrected chi connectivity index (χ2v) is 6.95. The highest BCUT2D eigenvalue weighted by molar-refractivity contribution is 7.10. The molecular formula is C17H20OS. The molecule has 19 heavy (non-hydrogen) atoms. The predicted octanol–water partition coefficient (Wildman–Crippen LogP) is 4.40. The summed E-state index contributed by atoms with van der Waals surface area (Å²) in [6.07, 6.45) is 1.08. The van der Waals surface area contributed by atoms with E-state index in [1.54, 1.807) is 11.3 Å². The minimum absolute atomic E-state index is 0.166. The Morgan fingerprint density at radius 1 is 1.05 bits per heavy atom. The van der Waals surface area contributed by atoms with Gasteiger partial charge < -0.3 is 0 Å². The van der Waals surface area contributed by atoms with Gasteiger partial charge in [-0.25, -0.2) is 0 Å². The fourth-order valence-corrected chi connectivity index (χ4v) is 2.75. The Morgan fingerprint density at radius 2 is 1.74 bits per heavy atom. The lowest BCUT2D eigenvalue weighted by Gasteiger charge is -2.19. The van der Waals surface area contributed by atoms with Crippen molar-refractivity contribution in [3.05, 3.63) is 57.8 Å². The van der Waals surface area contributed by atoms with Crippen molar-refractivity contribution < 1.29 is 4.79 Å². The summed E-state index contributed by atoms with van der Waals surface area (Å²) >= 11 is 1.65. The molecule has 1 aromatic carbocycles. The summed E-state index contributed by atoms with van der Waals surface area (Å²) in [6, 6.07) is 12.4. The van der Waals surface area contributed by atoms with Gasteiger partial charge in [0.1, 0.15) is 5.78 Å². The molecule has 100 valence electrons. The van der Waals surface area contributed by atoms with Crippen LogP contribution in [0.2, 0.25) is 0 Å². The number of benzene rings is 1. The van der Waals surface area contributed by atoms with Gasteiger partial charge in [-0.2, -0.15) is 0 Å². The maximum Gasteiger partial charge on any atom is 0.142 e. The van der Waals surface area contributed by atoms with Crippen LogP contribution in [0.15, 0.2) is 41.8 Å². The summed E-state index contributed by atoms with van der Waals surface area (Å²) in [7, 11) is 0. The maximum atomic E-state index is 12.0. The van der Waals surface area contributed by atoms with Gasteiger partial charge in [0, 0.05) is 17.7 Å². The SMILES string of the molecule is CC(C)(C)c1ccc(CC(=O)Cc2cccs2)cc1. The Hall–Kier alpha value is -1.41. The topological polar surface area (TPSA) is 17.1 Å². The van der Waals surface area contributed by atoms with E-state index < -0.39 is 0 Å². The van der Waals surface area contributed by atoms with Crippen LogP contribution in [0.4, 0.5) is 0 Å². The predicted molar refractivity (Wildman–Crippen MR) is 81.9 cm³/mol. The second-order valence-electron chi connectivity index (χ2n) is 5.92. The Kier molecular flexibility index (Phi) is 4.20. The Bertz CT molecular complexity index is 530. The van der Waals surface area contributed by atoms with Crippen molar-refractivity contribution in [2.45, 2.75) is 39.0 Å². The molecule has 0 aliphatic carbocycles. The Labute approximate surface area is 119 Å². The quantitative estimate of drug-likeness (QED) is 0.806. The summed E-state index contributed by atoms with van der Waals surface area (Å²) in [5, 5.41) is 2.01. The molecule has 0 saturated carbocycles. The largest absolute Gasteiger partial charge is 0.299 e. The minimum Gasteiger partial charge on any atom is -0.299 e. The van der Waals surface area contributed by atoms with Gasteiger partial charge in [-0.3, -0.25) is 4.79 Å². The van der Waals surface area contributed by atoms with E-state index in [0.717, 1.165) is 10.4 Å². The standard InChI is InChI=1S/C17H20OS/c1-17(2,3)14-8-6-13(7-9-14)11-15(18)12-16-5-4-10-19-16/h4-10H,11-12H2,1-3H3. The van der Waals surface area contributed by atoms with Crippen LogP contribution in [0.1, 0.15) is 36.8 Å². The average molecular weight is 272 g/mol. The zero-order valence-corrected chi connectivity index (χ0v) is 12.6. The summed E-state index contributed by atoms with van der Waals surface area (Å²) in [6.45, 7) is 6.60. The van der Waals surface area contributed by atoms with Crippen LogP contribution in [0.3, 0.4) is 0 Å². The van der Waals surface area contributed by atoms with Gasteiger partial charge in [0.05, 0.1) is 0 Å². The normalized spacial score (nSPS) is 11.5. The third-order valence-corrected chi connectivity index (χ3v) is 4.05. The van der Waals surface area contributed by atoms with Gasteiger partial charge in [-0.1, -0.05) is 51.1 Å². The Morgan fingerprint density at radius 3 is 2.26 bits per heavy atom. The molecule has 2 heteroatoms. The first kappa shape index (κ1) is 14.0. The van der Waals surface area contributed by atoms with Crippen molar-refractivity contribution in [2.24, 2.45) is 0 Å². The molecule has 0 amide bonds. The number of Topliss-reactive ketones (excluding diaryl/α,β-unsaturated/α-hetero) is 1. The van der Waals surface area contributed by atoms with Crippen LogP contribution in [0, 0.1) is 0 Å². The van der Waals surface area contributed by atoms with Crippen molar-refractivity contribution in [1.29, 1.82) is 0 Å². The number of ketones is 1. The van der Waals surface area contributed by atoms with Crippen LogP contribution in [-0.4, -0.2) is 5.78 Å². The number of carbonyl (C=O) groups excluding carboxylic acids is 1. The molecule has 0 atom stereocenters. The molecule has 0 aliphatic rings. The van der Waals surface area contributed by atoms with Gasteiger partial charge in [-0.15, -0.1) is 11.3 Å². The minimum atomic E-state index is 0.166. The van der Waals surface area contributed by atoms with Gasteiger partial charge >= 0.3 is 0 Å². The van der Waals surface area contributed by atoms with Crippen LogP contribution in [-0.2, 0) is 23.1 Å². The highest BCUT2D eigenvalue weighted by atomic mass is 32.1. The van der Waals surface area contributed by atoms with E-state index in [-0.39, 0.29) is 11.2 Å². The van der Waals surface area contributed by atoms with E-state index >= 15 is 0 Å². The zero-order valence-electron chi connectivity index (χ0n) is 11.8. The first-order valence-corrected chi connectivity index (χ1v) is 7.46. The van der Waals surface area contributed by atoms with Crippen LogP contribution >= 0.6 is 11.3 Å². The molecule has 0 fully saturated rings. The molecule has 1 aromatic heterocycles.